The number of hydrogen-bond donors (Lipinski definition) is 1. The smallest absolute Gasteiger partial charge is 0.261 e. The van der Waals surface area contributed by atoms with Crippen LogP contribution in [0.25, 0.3) is 0 Å². The van der Waals surface area contributed by atoms with Crippen LogP contribution in [-0.4, -0.2) is 29.8 Å². The molecular formula is C12H13ClN2O2. The van der Waals surface area contributed by atoms with E-state index in [1.807, 2.05) is 6.08 Å². The topological polar surface area (TPSA) is 65.0 Å². The molecule has 0 spiro atoms. The van der Waals surface area contributed by atoms with Crippen molar-refractivity contribution in [1.29, 1.82) is 0 Å². The Morgan fingerprint density at radius 1 is 1.06 bits per heavy atom. The number of carbonyl (C=O) groups excluding carboxylic acids is 2. The van der Waals surface area contributed by atoms with E-state index in [1.54, 1.807) is 30.3 Å². The van der Waals surface area contributed by atoms with Crippen LogP contribution in [0.4, 0.5) is 0 Å². The fourth-order valence-electron chi connectivity index (χ4n) is 1.70. The zero-order valence-corrected chi connectivity index (χ0v) is 9.98. The van der Waals surface area contributed by atoms with Crippen molar-refractivity contribution in [2.45, 2.75) is 0 Å². The van der Waals surface area contributed by atoms with E-state index in [2.05, 4.69) is 5.73 Å². The molecule has 0 saturated carbocycles. The molecule has 90 valence electrons. The predicted molar refractivity (Wildman–Crippen MR) is 58.7 cm³/mol. The lowest BCUT2D eigenvalue weighted by Crippen LogP contribution is -3.00. The largest absolute Gasteiger partial charge is 1.00 e. The van der Waals surface area contributed by atoms with Gasteiger partial charge >= 0.3 is 0 Å². The summed E-state index contributed by atoms with van der Waals surface area (Å²) in [4.78, 5) is 25.0. The van der Waals surface area contributed by atoms with E-state index in [1.165, 1.54) is 4.90 Å². The summed E-state index contributed by atoms with van der Waals surface area (Å²) >= 11 is 0. The summed E-state index contributed by atoms with van der Waals surface area (Å²) in [6.45, 7) is 0.977. The summed E-state index contributed by atoms with van der Waals surface area (Å²) in [6.07, 6.45) is 3.62. The van der Waals surface area contributed by atoms with Crippen LogP contribution in [0.5, 0.6) is 0 Å². The van der Waals surface area contributed by atoms with Gasteiger partial charge in [0.25, 0.3) is 11.8 Å². The number of fused-ring (bicyclic) bond motifs is 1. The third-order valence-electron chi connectivity index (χ3n) is 2.50. The highest BCUT2D eigenvalue weighted by molar-refractivity contribution is 6.21. The molecule has 0 atom stereocenters. The summed E-state index contributed by atoms with van der Waals surface area (Å²) < 4.78 is 0. The van der Waals surface area contributed by atoms with Crippen molar-refractivity contribution in [3.8, 4) is 0 Å². The van der Waals surface area contributed by atoms with Crippen LogP contribution in [0.2, 0.25) is 0 Å². The third-order valence-corrected chi connectivity index (χ3v) is 2.50. The number of amides is 2. The number of rotatable bonds is 3. The Morgan fingerprint density at radius 3 is 2.06 bits per heavy atom. The van der Waals surface area contributed by atoms with Crippen LogP contribution in [0.1, 0.15) is 20.7 Å². The van der Waals surface area contributed by atoms with E-state index in [0.29, 0.717) is 24.2 Å². The standard InChI is InChI=1S/C12H12N2O2.ClH/c13-7-3-4-8-14-11(15)9-5-1-2-6-10(9)12(14)16;/h1-6H,7-8,13H2;1H. The molecule has 0 aliphatic carbocycles. The maximum Gasteiger partial charge on any atom is 0.261 e. The predicted octanol–water partition coefficient (Wildman–Crippen LogP) is -2.92. The van der Waals surface area contributed by atoms with Gasteiger partial charge < -0.3 is 18.1 Å². The number of hydrogen-bond acceptors (Lipinski definition) is 2. The van der Waals surface area contributed by atoms with Gasteiger partial charge in [0.1, 0.15) is 0 Å². The summed E-state index contributed by atoms with van der Waals surface area (Å²) in [5, 5.41) is 0. The van der Waals surface area contributed by atoms with Crippen LogP contribution in [0.15, 0.2) is 36.4 Å². The van der Waals surface area contributed by atoms with Crippen molar-refractivity contribution in [3.63, 3.8) is 0 Å². The van der Waals surface area contributed by atoms with Crippen LogP contribution in [-0.2, 0) is 0 Å². The van der Waals surface area contributed by atoms with Gasteiger partial charge in [-0.25, -0.2) is 0 Å². The molecule has 3 N–H and O–H groups in total. The molecule has 0 unspecified atom stereocenters. The minimum Gasteiger partial charge on any atom is -1.00 e. The summed E-state index contributed by atoms with van der Waals surface area (Å²) in [7, 11) is 0. The molecule has 4 nitrogen and oxygen atoms in total. The molecule has 17 heavy (non-hydrogen) atoms. The van der Waals surface area contributed by atoms with Crippen LogP contribution >= 0.6 is 0 Å². The van der Waals surface area contributed by atoms with Gasteiger partial charge in [-0.15, -0.1) is 0 Å². The van der Waals surface area contributed by atoms with Crippen LogP contribution in [0, 0.1) is 0 Å². The minimum atomic E-state index is -0.214. The summed E-state index contributed by atoms with van der Waals surface area (Å²) in [5.74, 6) is -0.427. The lowest BCUT2D eigenvalue weighted by atomic mass is 10.1. The molecule has 0 bridgehead atoms. The Balaban J connectivity index is 0.00000144. The van der Waals surface area contributed by atoms with Gasteiger partial charge in [-0.3, -0.25) is 14.5 Å². The van der Waals surface area contributed by atoms with Crippen molar-refractivity contribution < 1.29 is 27.7 Å². The average Bonchev–Trinajstić information content (AvgIpc) is 2.55. The van der Waals surface area contributed by atoms with Gasteiger partial charge in [0, 0.05) is 6.54 Å². The number of benzene rings is 1. The van der Waals surface area contributed by atoms with Gasteiger partial charge in [-0.2, -0.15) is 0 Å². The van der Waals surface area contributed by atoms with Crippen LogP contribution < -0.4 is 18.1 Å². The fraction of sp³-hybridized carbons (Fsp3) is 0.167. The van der Waals surface area contributed by atoms with E-state index in [4.69, 9.17) is 0 Å². The number of nitrogens with zero attached hydrogens (tertiary/aromatic N) is 1. The van der Waals surface area contributed by atoms with Gasteiger partial charge in [-0.05, 0) is 18.2 Å². The SMILES string of the molecule is [Cl-].[NH3+]CC=CCN1C(=O)c2ccccc2C1=O. The Bertz CT molecular complexity index is 436. The quantitative estimate of drug-likeness (QED) is 0.463. The van der Waals surface area contributed by atoms with Gasteiger partial charge in [-0.1, -0.05) is 18.2 Å². The minimum absolute atomic E-state index is 0. The normalized spacial score (nSPS) is 14.1. The van der Waals surface area contributed by atoms with Crippen LogP contribution in [0.3, 0.4) is 0 Å². The van der Waals surface area contributed by atoms with E-state index in [9.17, 15) is 9.59 Å². The number of halogens is 1. The molecule has 1 heterocycles. The highest BCUT2D eigenvalue weighted by Gasteiger charge is 2.33. The lowest BCUT2D eigenvalue weighted by Gasteiger charge is -2.09. The zero-order chi connectivity index (χ0) is 11.5. The second-order valence-electron chi connectivity index (χ2n) is 3.53. The van der Waals surface area contributed by atoms with E-state index >= 15 is 0 Å². The lowest BCUT2D eigenvalue weighted by molar-refractivity contribution is -0.352. The molecule has 1 aromatic rings. The second-order valence-corrected chi connectivity index (χ2v) is 3.53. The zero-order valence-electron chi connectivity index (χ0n) is 9.23. The van der Waals surface area contributed by atoms with Crippen molar-refractivity contribution in [1.82, 2.24) is 4.90 Å². The number of imide groups is 1. The molecule has 5 heteroatoms. The molecule has 1 aliphatic rings. The Labute approximate surface area is 106 Å². The van der Waals surface area contributed by atoms with E-state index in [0.717, 1.165) is 0 Å². The first kappa shape index (κ1) is 13.4. The van der Waals surface area contributed by atoms with Gasteiger partial charge in [0.2, 0.25) is 0 Å². The number of quaternary nitrogens is 1. The fourth-order valence-corrected chi connectivity index (χ4v) is 1.70. The molecule has 0 aromatic heterocycles. The summed E-state index contributed by atoms with van der Waals surface area (Å²) in [6, 6.07) is 6.89. The highest BCUT2D eigenvalue weighted by Crippen LogP contribution is 2.21. The highest BCUT2D eigenvalue weighted by atomic mass is 35.5. The Morgan fingerprint density at radius 2 is 1.59 bits per heavy atom. The van der Waals surface area contributed by atoms with Crippen molar-refractivity contribution in [2.24, 2.45) is 0 Å². The second kappa shape index (κ2) is 5.61. The maximum atomic E-state index is 11.9. The molecule has 0 saturated heterocycles. The average molecular weight is 253 g/mol. The van der Waals surface area contributed by atoms with E-state index in [-0.39, 0.29) is 24.2 Å². The Hall–Kier alpha value is -1.65. The first-order chi connectivity index (χ1) is 7.75. The van der Waals surface area contributed by atoms with Gasteiger partial charge in [0.15, 0.2) is 0 Å². The molecule has 0 radical (unpaired) electrons. The number of carbonyl (C=O) groups is 2. The first-order valence-electron chi connectivity index (χ1n) is 5.15. The maximum absolute atomic E-state index is 11.9. The van der Waals surface area contributed by atoms with E-state index < -0.39 is 0 Å². The van der Waals surface area contributed by atoms with Crippen molar-refractivity contribution in [2.75, 3.05) is 13.1 Å². The van der Waals surface area contributed by atoms with Crippen molar-refractivity contribution >= 4 is 11.8 Å². The molecule has 2 rings (SSSR count). The molecule has 1 aromatic carbocycles. The molecule has 2 amide bonds. The van der Waals surface area contributed by atoms with Gasteiger partial charge in [0.05, 0.1) is 17.7 Å². The van der Waals surface area contributed by atoms with Crippen molar-refractivity contribution in [3.05, 3.63) is 47.5 Å². The monoisotopic (exact) mass is 252 g/mol. The molecular weight excluding hydrogens is 240 g/mol. The molecule has 0 fully saturated rings. The third kappa shape index (κ3) is 2.38. The Kier molecular flexibility index (Phi) is 4.43. The summed E-state index contributed by atoms with van der Waals surface area (Å²) in [5.41, 5.74) is 4.64. The first-order valence-corrected chi connectivity index (χ1v) is 5.15. The molecule has 1 aliphatic heterocycles.